The fourth-order valence-electron chi connectivity index (χ4n) is 2.05. The molecule has 0 saturated heterocycles. The second-order valence-corrected chi connectivity index (χ2v) is 4.87. The van der Waals surface area contributed by atoms with Crippen LogP contribution in [0, 0.1) is 0 Å². The van der Waals surface area contributed by atoms with E-state index in [-0.39, 0.29) is 23.9 Å². The van der Waals surface area contributed by atoms with Crippen LogP contribution in [0.4, 0.5) is 0 Å². The Morgan fingerprint density at radius 3 is 2.95 bits per heavy atom. The minimum Gasteiger partial charge on any atom is -0.486 e. The van der Waals surface area contributed by atoms with Gasteiger partial charge in [0.05, 0.1) is 5.56 Å². The molecule has 3 rings (SSSR count). The first kappa shape index (κ1) is 14.0. The molecule has 0 N–H and O–H groups in total. The van der Waals surface area contributed by atoms with Crippen molar-refractivity contribution in [3.8, 4) is 11.5 Å². The quantitative estimate of drug-likeness (QED) is 0.811. The van der Waals surface area contributed by atoms with E-state index >= 15 is 0 Å². The number of fused-ring (bicyclic) bond motifs is 1. The molecular weight excluding hydrogens is 282 g/mol. The summed E-state index contributed by atoms with van der Waals surface area (Å²) in [4.78, 5) is 27.2. The highest BCUT2D eigenvalue weighted by atomic mass is 16.5. The van der Waals surface area contributed by atoms with Crippen LogP contribution in [0.2, 0.25) is 0 Å². The lowest BCUT2D eigenvalue weighted by atomic mass is 10.1. The summed E-state index contributed by atoms with van der Waals surface area (Å²) in [6.45, 7) is 1.44. The Hall–Kier alpha value is -2.95. The molecule has 5 nitrogen and oxygen atoms in total. The molecule has 0 bridgehead atoms. The number of hydrogen-bond donors (Lipinski definition) is 0. The summed E-state index contributed by atoms with van der Waals surface area (Å²) in [5.41, 5.74) is 1.26. The molecule has 5 heteroatoms. The maximum Gasteiger partial charge on any atom is 0.231 e. The van der Waals surface area contributed by atoms with Gasteiger partial charge in [0.2, 0.25) is 5.78 Å². The maximum absolute atomic E-state index is 12.3. The van der Waals surface area contributed by atoms with Crippen LogP contribution in [0.1, 0.15) is 22.8 Å². The summed E-state index contributed by atoms with van der Waals surface area (Å²) >= 11 is 0. The van der Waals surface area contributed by atoms with Crippen molar-refractivity contribution >= 4 is 17.6 Å². The van der Waals surface area contributed by atoms with Gasteiger partial charge in [-0.3, -0.25) is 14.6 Å². The van der Waals surface area contributed by atoms with Gasteiger partial charge in [0, 0.05) is 18.5 Å². The number of aromatic nitrogens is 1. The van der Waals surface area contributed by atoms with Gasteiger partial charge in [-0.05, 0) is 36.8 Å². The average Bonchev–Trinajstić information content (AvgIpc) is 2.82. The van der Waals surface area contributed by atoms with E-state index in [0.29, 0.717) is 17.1 Å². The van der Waals surface area contributed by atoms with Gasteiger partial charge in [-0.1, -0.05) is 6.07 Å². The molecule has 0 radical (unpaired) electrons. The third-order valence-corrected chi connectivity index (χ3v) is 3.07. The largest absolute Gasteiger partial charge is 0.486 e. The van der Waals surface area contributed by atoms with Crippen molar-refractivity contribution in [3.63, 3.8) is 0 Å². The summed E-state index contributed by atoms with van der Waals surface area (Å²) in [5.74, 6) is 0.906. The van der Waals surface area contributed by atoms with Crippen LogP contribution in [-0.2, 0) is 4.79 Å². The van der Waals surface area contributed by atoms with Gasteiger partial charge in [0.1, 0.15) is 18.1 Å². The number of allylic oxidation sites excluding steroid dienone is 1. The minimum absolute atomic E-state index is 0.00882. The maximum atomic E-state index is 12.3. The van der Waals surface area contributed by atoms with Crippen molar-refractivity contribution in [2.75, 3.05) is 6.61 Å². The van der Waals surface area contributed by atoms with E-state index in [4.69, 9.17) is 9.47 Å². The van der Waals surface area contributed by atoms with Crippen LogP contribution >= 0.6 is 0 Å². The van der Waals surface area contributed by atoms with Crippen molar-refractivity contribution in [1.82, 2.24) is 4.98 Å². The van der Waals surface area contributed by atoms with E-state index in [9.17, 15) is 9.59 Å². The number of ketones is 2. The highest BCUT2D eigenvalue weighted by Gasteiger charge is 2.27. The molecule has 0 saturated carbocycles. The van der Waals surface area contributed by atoms with Crippen molar-refractivity contribution in [3.05, 3.63) is 59.6 Å². The van der Waals surface area contributed by atoms with Crippen molar-refractivity contribution in [1.29, 1.82) is 0 Å². The topological polar surface area (TPSA) is 65.5 Å². The average molecular weight is 295 g/mol. The lowest BCUT2D eigenvalue weighted by Crippen LogP contribution is -2.06. The summed E-state index contributed by atoms with van der Waals surface area (Å²) in [6, 6.07) is 8.52. The molecule has 2 aromatic rings. The second kappa shape index (κ2) is 5.81. The third-order valence-electron chi connectivity index (χ3n) is 3.07. The van der Waals surface area contributed by atoms with Gasteiger partial charge in [-0.2, -0.15) is 0 Å². The number of rotatable bonds is 4. The molecule has 110 valence electrons. The molecule has 1 aromatic heterocycles. The second-order valence-electron chi connectivity index (χ2n) is 4.87. The molecule has 0 amide bonds. The van der Waals surface area contributed by atoms with E-state index in [1.54, 1.807) is 42.7 Å². The van der Waals surface area contributed by atoms with Crippen LogP contribution in [0.3, 0.4) is 0 Å². The highest BCUT2D eigenvalue weighted by molar-refractivity contribution is 6.14. The fourth-order valence-corrected chi connectivity index (χ4v) is 2.05. The standard InChI is InChI=1S/C17H13NO4/c1-11(19)10-21-13-4-5-14-15(8-13)22-16(17(14)20)7-12-3-2-6-18-9-12/h2-9H,10H2,1H3/b16-7+. The number of carbonyl (C=O) groups excluding carboxylic acids is 2. The molecule has 2 heterocycles. The van der Waals surface area contributed by atoms with Crippen LogP contribution in [0.25, 0.3) is 6.08 Å². The highest BCUT2D eigenvalue weighted by Crippen LogP contribution is 2.34. The van der Waals surface area contributed by atoms with Crippen molar-refractivity contribution in [2.24, 2.45) is 0 Å². The number of Topliss-reactive ketones (excluding diaryl/α,β-unsaturated/α-hetero) is 2. The molecule has 1 aliphatic rings. The molecule has 1 aromatic carbocycles. The van der Waals surface area contributed by atoms with Gasteiger partial charge in [0.15, 0.2) is 11.5 Å². The molecule has 0 atom stereocenters. The van der Waals surface area contributed by atoms with Crippen molar-refractivity contribution < 1.29 is 19.1 Å². The molecule has 0 spiro atoms. The third kappa shape index (κ3) is 2.88. The molecule has 0 fully saturated rings. The van der Waals surface area contributed by atoms with Crippen LogP contribution in [0.15, 0.2) is 48.5 Å². The summed E-state index contributed by atoms with van der Waals surface area (Å²) in [6.07, 6.45) is 4.95. The molecule has 22 heavy (non-hydrogen) atoms. The first-order valence-electron chi connectivity index (χ1n) is 6.74. The number of carbonyl (C=O) groups is 2. The Labute approximate surface area is 127 Å². The van der Waals surface area contributed by atoms with E-state index in [1.807, 2.05) is 6.07 Å². The zero-order chi connectivity index (χ0) is 15.5. The number of hydrogen-bond acceptors (Lipinski definition) is 5. The number of benzene rings is 1. The van der Waals surface area contributed by atoms with E-state index in [1.165, 1.54) is 6.92 Å². The first-order valence-corrected chi connectivity index (χ1v) is 6.74. The number of pyridine rings is 1. The summed E-state index contributed by atoms with van der Waals surface area (Å²) < 4.78 is 10.9. The molecule has 0 aliphatic carbocycles. The van der Waals surface area contributed by atoms with Crippen molar-refractivity contribution in [2.45, 2.75) is 6.92 Å². The normalized spacial score (nSPS) is 14.6. The first-order chi connectivity index (χ1) is 10.6. The fraction of sp³-hybridized carbons (Fsp3) is 0.118. The van der Waals surface area contributed by atoms with Gasteiger partial charge in [-0.15, -0.1) is 0 Å². The smallest absolute Gasteiger partial charge is 0.231 e. The number of nitrogens with zero attached hydrogens (tertiary/aromatic N) is 1. The molecule has 0 unspecified atom stereocenters. The lowest BCUT2D eigenvalue weighted by molar-refractivity contribution is -0.118. The van der Waals surface area contributed by atoms with Crippen LogP contribution in [0.5, 0.6) is 11.5 Å². The van der Waals surface area contributed by atoms with E-state index in [0.717, 1.165) is 5.56 Å². The minimum atomic E-state index is -0.183. The summed E-state index contributed by atoms with van der Waals surface area (Å²) in [7, 11) is 0. The lowest BCUT2D eigenvalue weighted by Gasteiger charge is -2.04. The van der Waals surface area contributed by atoms with Gasteiger partial charge < -0.3 is 9.47 Å². The van der Waals surface area contributed by atoms with Crippen LogP contribution < -0.4 is 9.47 Å². The Morgan fingerprint density at radius 2 is 2.23 bits per heavy atom. The Kier molecular flexibility index (Phi) is 3.70. The van der Waals surface area contributed by atoms with E-state index in [2.05, 4.69) is 4.98 Å². The predicted octanol–water partition coefficient (Wildman–Crippen LogP) is 2.67. The zero-order valence-electron chi connectivity index (χ0n) is 11.9. The van der Waals surface area contributed by atoms with Gasteiger partial charge >= 0.3 is 0 Å². The molecular formula is C17H13NO4. The Balaban J connectivity index is 1.84. The Bertz CT molecular complexity index is 765. The van der Waals surface area contributed by atoms with E-state index < -0.39 is 0 Å². The SMILES string of the molecule is CC(=O)COc1ccc2c(c1)O/C(=C/c1cccnc1)C2=O. The van der Waals surface area contributed by atoms with Crippen LogP contribution in [-0.4, -0.2) is 23.2 Å². The Morgan fingerprint density at radius 1 is 1.36 bits per heavy atom. The monoisotopic (exact) mass is 295 g/mol. The summed E-state index contributed by atoms with van der Waals surface area (Å²) in [5, 5.41) is 0. The molecule has 1 aliphatic heterocycles. The van der Waals surface area contributed by atoms with Gasteiger partial charge in [-0.25, -0.2) is 0 Å². The zero-order valence-corrected chi connectivity index (χ0v) is 11.9. The number of ether oxygens (including phenoxy) is 2. The predicted molar refractivity (Wildman–Crippen MR) is 79.8 cm³/mol. The van der Waals surface area contributed by atoms with Gasteiger partial charge in [0.25, 0.3) is 0 Å².